The van der Waals surface area contributed by atoms with Gasteiger partial charge >= 0.3 is 0 Å². The number of carbonyl (C=O) groups is 1. The summed E-state index contributed by atoms with van der Waals surface area (Å²) in [5.74, 6) is 0.155. The summed E-state index contributed by atoms with van der Waals surface area (Å²) in [5, 5.41) is 1.23. The number of carbonyl (C=O) groups excluding carboxylic acids is 1. The van der Waals surface area contributed by atoms with Crippen molar-refractivity contribution in [2.45, 2.75) is 46.2 Å². The summed E-state index contributed by atoms with van der Waals surface area (Å²) >= 11 is 0. The molecule has 3 nitrogen and oxygen atoms in total. The molecule has 0 aliphatic carbocycles. The number of nitrogens with zero attached hydrogens (tertiary/aromatic N) is 2. The Morgan fingerprint density at radius 3 is 2.36 bits per heavy atom. The van der Waals surface area contributed by atoms with Crippen LogP contribution in [0.1, 0.15) is 46.2 Å². The maximum absolute atomic E-state index is 12.8. The van der Waals surface area contributed by atoms with Crippen LogP contribution in [0.3, 0.4) is 0 Å². The van der Waals surface area contributed by atoms with E-state index in [1.54, 1.807) is 0 Å². The van der Waals surface area contributed by atoms with Gasteiger partial charge in [-0.3, -0.25) is 4.79 Å². The molecule has 0 unspecified atom stereocenters. The molecule has 0 N–H and O–H groups in total. The van der Waals surface area contributed by atoms with E-state index in [-0.39, 0.29) is 17.5 Å². The lowest BCUT2D eigenvalue weighted by Gasteiger charge is -2.38. The number of aryl methyl sites for hydroxylation is 1. The molecule has 0 radical (unpaired) electrons. The molecule has 3 heteroatoms. The molecular formula is C19H24N2O. The topological polar surface area (TPSA) is 25.2 Å². The monoisotopic (exact) mass is 296 g/mol. The second-order valence-corrected chi connectivity index (χ2v) is 7.27. The van der Waals surface area contributed by atoms with Crippen molar-refractivity contribution in [3.05, 3.63) is 47.2 Å². The minimum absolute atomic E-state index is 0.0265. The fraction of sp³-hybridized carbons (Fsp3) is 0.421. The predicted molar refractivity (Wildman–Crippen MR) is 90.6 cm³/mol. The molecule has 0 saturated carbocycles. The zero-order valence-electron chi connectivity index (χ0n) is 14.3. The predicted octanol–water partition coefficient (Wildman–Crippen LogP) is 4.20. The summed E-state index contributed by atoms with van der Waals surface area (Å²) < 4.78 is 2.15. The van der Waals surface area contributed by atoms with Crippen molar-refractivity contribution in [3.63, 3.8) is 0 Å². The Kier molecular flexibility index (Phi) is 3.20. The molecule has 1 aromatic heterocycles. The molecule has 2 heterocycles. The lowest BCUT2D eigenvalue weighted by atomic mass is 9.95. The van der Waals surface area contributed by atoms with Crippen LogP contribution in [0.25, 0.3) is 10.9 Å². The molecule has 0 saturated heterocycles. The van der Waals surface area contributed by atoms with Gasteiger partial charge in [-0.25, -0.2) is 0 Å². The third-order valence-corrected chi connectivity index (χ3v) is 4.74. The Hall–Kier alpha value is -2.03. The second-order valence-electron chi connectivity index (χ2n) is 7.27. The van der Waals surface area contributed by atoms with Gasteiger partial charge in [0.25, 0.3) is 5.91 Å². The highest BCUT2D eigenvalue weighted by atomic mass is 16.2. The Balaban J connectivity index is 2.25. The molecule has 1 aliphatic heterocycles. The molecule has 0 bridgehead atoms. The average Bonchev–Trinajstić information content (AvgIpc) is 2.89. The van der Waals surface area contributed by atoms with Crippen molar-refractivity contribution in [2.75, 3.05) is 0 Å². The van der Waals surface area contributed by atoms with Crippen LogP contribution in [0.5, 0.6) is 0 Å². The molecule has 1 aliphatic rings. The first-order chi connectivity index (χ1) is 10.2. The van der Waals surface area contributed by atoms with E-state index in [4.69, 9.17) is 0 Å². The third kappa shape index (κ3) is 1.99. The van der Waals surface area contributed by atoms with E-state index < -0.39 is 0 Å². The van der Waals surface area contributed by atoms with Crippen LogP contribution in [0, 0.1) is 0 Å². The largest absolute Gasteiger partial charge is 0.350 e. The SMILES string of the molecule is CC1=C(C)[C@@H](c2cn(C)c3ccccc23)N(C(C)(C)C)C1=O. The lowest BCUT2D eigenvalue weighted by molar-refractivity contribution is -0.131. The molecule has 1 aromatic carbocycles. The van der Waals surface area contributed by atoms with Gasteiger partial charge in [0.05, 0.1) is 6.04 Å². The molecule has 0 spiro atoms. The zero-order chi connectivity index (χ0) is 16.2. The van der Waals surface area contributed by atoms with Gasteiger partial charge in [-0.1, -0.05) is 18.2 Å². The average molecular weight is 296 g/mol. The van der Waals surface area contributed by atoms with Crippen LogP contribution in [-0.2, 0) is 11.8 Å². The maximum Gasteiger partial charge on any atom is 0.250 e. The van der Waals surface area contributed by atoms with Gasteiger partial charge in [-0.05, 0) is 46.3 Å². The van der Waals surface area contributed by atoms with Gasteiger partial charge in [-0.2, -0.15) is 0 Å². The number of benzene rings is 1. The third-order valence-electron chi connectivity index (χ3n) is 4.74. The van der Waals surface area contributed by atoms with E-state index in [2.05, 4.69) is 69.8 Å². The van der Waals surface area contributed by atoms with Crippen molar-refractivity contribution < 1.29 is 4.79 Å². The Morgan fingerprint density at radius 2 is 1.73 bits per heavy atom. The quantitative estimate of drug-likeness (QED) is 0.774. The Morgan fingerprint density at radius 1 is 1.09 bits per heavy atom. The van der Waals surface area contributed by atoms with Gasteiger partial charge in [-0.15, -0.1) is 0 Å². The number of para-hydroxylation sites is 1. The minimum Gasteiger partial charge on any atom is -0.350 e. The highest BCUT2D eigenvalue weighted by Crippen LogP contribution is 2.44. The van der Waals surface area contributed by atoms with Gasteiger partial charge in [0.15, 0.2) is 0 Å². The summed E-state index contributed by atoms with van der Waals surface area (Å²) in [7, 11) is 2.07. The van der Waals surface area contributed by atoms with Crippen LogP contribution >= 0.6 is 0 Å². The van der Waals surface area contributed by atoms with Gasteiger partial charge in [0.1, 0.15) is 0 Å². The number of hydrogen-bond donors (Lipinski definition) is 0. The molecule has 0 fully saturated rings. The zero-order valence-corrected chi connectivity index (χ0v) is 14.3. The first-order valence-corrected chi connectivity index (χ1v) is 7.78. The number of amides is 1. The minimum atomic E-state index is -0.211. The first-order valence-electron chi connectivity index (χ1n) is 7.78. The Bertz CT molecular complexity index is 789. The number of fused-ring (bicyclic) bond motifs is 1. The van der Waals surface area contributed by atoms with E-state index in [1.165, 1.54) is 16.5 Å². The fourth-order valence-electron chi connectivity index (χ4n) is 3.52. The fourth-order valence-corrected chi connectivity index (χ4v) is 3.52. The lowest BCUT2D eigenvalue weighted by Crippen LogP contribution is -2.44. The standard InChI is InChI=1S/C19H24N2O/c1-12-13(2)18(22)21(19(3,4)5)17(12)15-11-20(6)16-10-8-7-9-14(15)16/h7-11,17H,1-6H3/t17-/m0/s1. The van der Waals surface area contributed by atoms with Crippen molar-refractivity contribution in [2.24, 2.45) is 7.05 Å². The highest BCUT2D eigenvalue weighted by molar-refractivity contribution is 5.99. The second kappa shape index (κ2) is 4.73. The van der Waals surface area contributed by atoms with Gasteiger partial charge in [0, 0.05) is 40.8 Å². The van der Waals surface area contributed by atoms with Crippen molar-refractivity contribution in [1.29, 1.82) is 0 Å². The highest BCUT2D eigenvalue weighted by Gasteiger charge is 2.42. The van der Waals surface area contributed by atoms with Crippen LogP contribution in [-0.4, -0.2) is 20.9 Å². The van der Waals surface area contributed by atoms with Crippen molar-refractivity contribution in [1.82, 2.24) is 9.47 Å². The number of rotatable bonds is 1. The van der Waals surface area contributed by atoms with E-state index in [1.807, 2.05) is 11.8 Å². The summed E-state index contributed by atoms with van der Waals surface area (Å²) in [6, 6.07) is 8.43. The van der Waals surface area contributed by atoms with E-state index in [0.29, 0.717) is 0 Å². The molecule has 1 atom stereocenters. The number of hydrogen-bond acceptors (Lipinski definition) is 1. The molecule has 116 valence electrons. The summed E-state index contributed by atoms with van der Waals surface area (Å²) in [6.45, 7) is 10.4. The van der Waals surface area contributed by atoms with Crippen LogP contribution in [0.2, 0.25) is 0 Å². The molecular weight excluding hydrogens is 272 g/mol. The van der Waals surface area contributed by atoms with E-state index >= 15 is 0 Å². The van der Waals surface area contributed by atoms with Crippen LogP contribution in [0.4, 0.5) is 0 Å². The summed E-state index contributed by atoms with van der Waals surface area (Å²) in [6.07, 6.45) is 2.17. The first kappa shape index (κ1) is 14.9. The number of aromatic nitrogens is 1. The van der Waals surface area contributed by atoms with Crippen LogP contribution in [0.15, 0.2) is 41.6 Å². The normalized spacial score (nSPS) is 19.6. The molecule has 2 aromatic rings. The molecule has 3 rings (SSSR count). The Labute approximate surface area is 132 Å². The molecule has 22 heavy (non-hydrogen) atoms. The molecule has 1 amide bonds. The summed E-state index contributed by atoms with van der Waals surface area (Å²) in [4.78, 5) is 14.8. The van der Waals surface area contributed by atoms with Gasteiger partial charge < -0.3 is 9.47 Å². The smallest absolute Gasteiger partial charge is 0.250 e. The van der Waals surface area contributed by atoms with Gasteiger partial charge in [0.2, 0.25) is 0 Å². The van der Waals surface area contributed by atoms with E-state index in [0.717, 1.165) is 11.1 Å². The van der Waals surface area contributed by atoms with Crippen LogP contribution < -0.4 is 0 Å². The van der Waals surface area contributed by atoms with Crippen molar-refractivity contribution in [3.8, 4) is 0 Å². The summed E-state index contributed by atoms with van der Waals surface area (Å²) in [5.41, 5.74) is 4.26. The maximum atomic E-state index is 12.8. The van der Waals surface area contributed by atoms with Crippen molar-refractivity contribution >= 4 is 16.8 Å². The van der Waals surface area contributed by atoms with E-state index in [9.17, 15) is 4.79 Å².